The lowest BCUT2D eigenvalue weighted by molar-refractivity contribution is 0.102. The van der Waals surface area contributed by atoms with Gasteiger partial charge in [0.05, 0.1) is 0 Å². The molecular weight excluding hydrogens is 250 g/mol. The van der Waals surface area contributed by atoms with E-state index in [1.165, 1.54) is 6.07 Å². The van der Waals surface area contributed by atoms with E-state index in [-0.39, 0.29) is 17.1 Å². The number of benzene rings is 2. The minimum Gasteiger partial charge on any atom is -0.508 e. The van der Waals surface area contributed by atoms with Gasteiger partial charge in [0.2, 0.25) is 0 Å². The van der Waals surface area contributed by atoms with Crippen molar-refractivity contribution < 1.29 is 9.90 Å². The van der Waals surface area contributed by atoms with E-state index in [2.05, 4.69) is 26.1 Å². The Morgan fingerprint density at radius 3 is 2.40 bits per heavy atom. The van der Waals surface area contributed by atoms with E-state index in [1.54, 1.807) is 18.2 Å². The van der Waals surface area contributed by atoms with Gasteiger partial charge in [-0.05, 0) is 35.2 Å². The first-order chi connectivity index (χ1) is 9.38. The van der Waals surface area contributed by atoms with Crippen LogP contribution in [0.15, 0.2) is 48.5 Å². The van der Waals surface area contributed by atoms with Gasteiger partial charge < -0.3 is 10.4 Å². The number of anilines is 1. The van der Waals surface area contributed by atoms with Crippen LogP contribution in [0.1, 0.15) is 36.7 Å². The average molecular weight is 269 g/mol. The molecule has 0 radical (unpaired) electrons. The molecule has 0 aromatic heterocycles. The molecule has 2 aromatic carbocycles. The zero-order valence-electron chi connectivity index (χ0n) is 12.0. The summed E-state index contributed by atoms with van der Waals surface area (Å²) in [7, 11) is 0. The molecule has 0 saturated heterocycles. The highest BCUT2D eigenvalue weighted by atomic mass is 16.3. The second-order valence-corrected chi connectivity index (χ2v) is 5.80. The third-order valence-corrected chi connectivity index (χ3v) is 3.09. The molecule has 0 spiro atoms. The maximum atomic E-state index is 12.2. The van der Waals surface area contributed by atoms with Crippen molar-refractivity contribution >= 4 is 11.6 Å². The number of hydrogen-bond donors (Lipinski definition) is 2. The normalized spacial score (nSPS) is 11.2. The molecule has 1 amide bonds. The molecule has 104 valence electrons. The van der Waals surface area contributed by atoms with Crippen LogP contribution in [0.25, 0.3) is 0 Å². The largest absolute Gasteiger partial charge is 0.508 e. The van der Waals surface area contributed by atoms with Gasteiger partial charge in [-0.3, -0.25) is 4.79 Å². The Balaban J connectivity index is 2.29. The average Bonchev–Trinajstić information content (AvgIpc) is 2.38. The van der Waals surface area contributed by atoms with E-state index < -0.39 is 0 Å². The van der Waals surface area contributed by atoms with E-state index in [0.29, 0.717) is 5.56 Å². The highest BCUT2D eigenvalue weighted by Gasteiger charge is 2.18. The number of rotatable bonds is 2. The quantitative estimate of drug-likeness (QED) is 0.867. The number of carbonyl (C=O) groups is 1. The highest BCUT2D eigenvalue weighted by molar-refractivity contribution is 6.04. The highest BCUT2D eigenvalue weighted by Crippen LogP contribution is 2.29. The van der Waals surface area contributed by atoms with Crippen molar-refractivity contribution in [1.82, 2.24) is 0 Å². The van der Waals surface area contributed by atoms with Crippen LogP contribution in [0.3, 0.4) is 0 Å². The molecule has 3 heteroatoms. The molecule has 0 unspecified atom stereocenters. The summed E-state index contributed by atoms with van der Waals surface area (Å²) in [6.45, 7) is 6.31. The van der Waals surface area contributed by atoms with Crippen molar-refractivity contribution in [2.24, 2.45) is 0 Å². The molecule has 0 fully saturated rings. The number of phenols is 1. The lowest BCUT2D eigenvalue weighted by atomic mass is 9.86. The van der Waals surface area contributed by atoms with Crippen LogP contribution in [0.4, 0.5) is 5.69 Å². The molecule has 0 atom stereocenters. The maximum absolute atomic E-state index is 12.2. The zero-order chi connectivity index (χ0) is 14.8. The Morgan fingerprint density at radius 2 is 1.75 bits per heavy atom. The van der Waals surface area contributed by atoms with Crippen molar-refractivity contribution in [2.75, 3.05) is 5.32 Å². The molecule has 20 heavy (non-hydrogen) atoms. The summed E-state index contributed by atoms with van der Waals surface area (Å²) in [5, 5.41) is 12.3. The van der Waals surface area contributed by atoms with E-state index in [0.717, 1.165) is 11.3 Å². The SMILES string of the molecule is CC(C)(C)c1ccccc1NC(=O)c1cccc(O)c1. The van der Waals surface area contributed by atoms with Crippen LogP contribution in [-0.4, -0.2) is 11.0 Å². The molecule has 0 aliphatic rings. The Kier molecular flexibility index (Phi) is 3.79. The minimum atomic E-state index is -0.224. The van der Waals surface area contributed by atoms with E-state index in [1.807, 2.05) is 24.3 Å². The number of para-hydroxylation sites is 1. The van der Waals surface area contributed by atoms with Gasteiger partial charge in [-0.1, -0.05) is 45.0 Å². The van der Waals surface area contributed by atoms with Crippen molar-refractivity contribution in [1.29, 1.82) is 0 Å². The van der Waals surface area contributed by atoms with Gasteiger partial charge in [0.1, 0.15) is 5.75 Å². The standard InChI is InChI=1S/C17H19NO2/c1-17(2,3)14-9-4-5-10-15(14)18-16(20)12-7-6-8-13(19)11-12/h4-11,19H,1-3H3,(H,18,20). The van der Waals surface area contributed by atoms with Crippen molar-refractivity contribution in [3.05, 3.63) is 59.7 Å². The molecular formula is C17H19NO2. The lowest BCUT2D eigenvalue weighted by Gasteiger charge is -2.23. The van der Waals surface area contributed by atoms with Crippen LogP contribution in [0, 0.1) is 0 Å². The van der Waals surface area contributed by atoms with Crippen LogP contribution in [0.2, 0.25) is 0 Å². The molecule has 0 aliphatic heterocycles. The Bertz CT molecular complexity index is 627. The molecule has 3 nitrogen and oxygen atoms in total. The first-order valence-corrected chi connectivity index (χ1v) is 6.58. The maximum Gasteiger partial charge on any atom is 0.255 e. The Morgan fingerprint density at radius 1 is 1.05 bits per heavy atom. The molecule has 0 saturated carbocycles. The summed E-state index contributed by atoms with van der Waals surface area (Å²) in [5.74, 6) is -0.139. The monoisotopic (exact) mass is 269 g/mol. The fourth-order valence-electron chi connectivity index (χ4n) is 2.09. The lowest BCUT2D eigenvalue weighted by Crippen LogP contribution is -2.18. The van der Waals surface area contributed by atoms with Gasteiger partial charge in [0, 0.05) is 11.3 Å². The first-order valence-electron chi connectivity index (χ1n) is 6.58. The summed E-state index contributed by atoms with van der Waals surface area (Å²) in [6, 6.07) is 14.1. The number of amides is 1. The summed E-state index contributed by atoms with van der Waals surface area (Å²) in [6.07, 6.45) is 0. The van der Waals surface area contributed by atoms with Crippen molar-refractivity contribution in [2.45, 2.75) is 26.2 Å². The van der Waals surface area contributed by atoms with Crippen molar-refractivity contribution in [3.63, 3.8) is 0 Å². The second-order valence-electron chi connectivity index (χ2n) is 5.80. The van der Waals surface area contributed by atoms with Gasteiger partial charge in [-0.25, -0.2) is 0 Å². The fraction of sp³-hybridized carbons (Fsp3) is 0.235. The smallest absolute Gasteiger partial charge is 0.255 e. The zero-order valence-corrected chi connectivity index (χ0v) is 12.0. The molecule has 0 aliphatic carbocycles. The van der Waals surface area contributed by atoms with Gasteiger partial charge in [-0.2, -0.15) is 0 Å². The predicted octanol–water partition coefficient (Wildman–Crippen LogP) is 3.94. The van der Waals surface area contributed by atoms with Gasteiger partial charge in [-0.15, -0.1) is 0 Å². The second kappa shape index (κ2) is 5.37. The number of hydrogen-bond acceptors (Lipinski definition) is 2. The van der Waals surface area contributed by atoms with Crippen LogP contribution in [-0.2, 0) is 5.41 Å². The summed E-state index contributed by atoms with van der Waals surface area (Å²) >= 11 is 0. The minimum absolute atomic E-state index is 0.0529. The van der Waals surface area contributed by atoms with E-state index in [9.17, 15) is 9.90 Å². The summed E-state index contributed by atoms with van der Waals surface area (Å²) in [5.41, 5.74) is 2.26. The van der Waals surface area contributed by atoms with E-state index >= 15 is 0 Å². The molecule has 2 rings (SSSR count). The number of carbonyl (C=O) groups excluding carboxylic acids is 1. The fourth-order valence-corrected chi connectivity index (χ4v) is 2.09. The van der Waals surface area contributed by atoms with Gasteiger partial charge in [0.25, 0.3) is 5.91 Å². The van der Waals surface area contributed by atoms with Gasteiger partial charge >= 0.3 is 0 Å². The predicted molar refractivity (Wildman–Crippen MR) is 81.2 cm³/mol. The number of aromatic hydroxyl groups is 1. The third kappa shape index (κ3) is 3.18. The van der Waals surface area contributed by atoms with E-state index in [4.69, 9.17) is 0 Å². The Hall–Kier alpha value is -2.29. The molecule has 2 aromatic rings. The summed E-state index contributed by atoms with van der Waals surface area (Å²) < 4.78 is 0. The molecule has 0 heterocycles. The first kappa shape index (κ1) is 14.1. The van der Waals surface area contributed by atoms with Crippen LogP contribution in [0.5, 0.6) is 5.75 Å². The number of phenolic OH excluding ortho intramolecular Hbond substituents is 1. The van der Waals surface area contributed by atoms with Crippen LogP contribution < -0.4 is 5.32 Å². The molecule has 2 N–H and O–H groups in total. The number of nitrogens with one attached hydrogen (secondary N) is 1. The van der Waals surface area contributed by atoms with Crippen LogP contribution >= 0.6 is 0 Å². The van der Waals surface area contributed by atoms with Crippen molar-refractivity contribution in [3.8, 4) is 5.75 Å². The van der Waals surface area contributed by atoms with Gasteiger partial charge in [0.15, 0.2) is 0 Å². The Labute approximate surface area is 119 Å². The third-order valence-electron chi connectivity index (χ3n) is 3.09. The summed E-state index contributed by atoms with van der Waals surface area (Å²) in [4.78, 5) is 12.2. The topological polar surface area (TPSA) is 49.3 Å². The molecule has 0 bridgehead atoms.